The van der Waals surface area contributed by atoms with Crippen molar-refractivity contribution in [1.29, 1.82) is 0 Å². The molecule has 1 amide bonds. The van der Waals surface area contributed by atoms with E-state index in [1.54, 1.807) is 6.07 Å². The Hall–Kier alpha value is -4.33. The van der Waals surface area contributed by atoms with E-state index in [9.17, 15) is 33.8 Å². The molecule has 9 nitrogen and oxygen atoms in total. The molecule has 0 saturated carbocycles. The van der Waals surface area contributed by atoms with E-state index >= 15 is 0 Å². The molecule has 2 aromatic carbocycles. The zero-order chi connectivity index (χ0) is 29.7. The summed E-state index contributed by atoms with van der Waals surface area (Å²) in [4.78, 5) is 34.8. The van der Waals surface area contributed by atoms with Gasteiger partial charge in [-0.05, 0) is 33.3 Å². The van der Waals surface area contributed by atoms with Gasteiger partial charge < -0.3 is 10.3 Å². The summed E-state index contributed by atoms with van der Waals surface area (Å²) in [7, 11) is 0. The summed E-state index contributed by atoms with van der Waals surface area (Å²) in [5.41, 5.74) is 0.0319. The van der Waals surface area contributed by atoms with Gasteiger partial charge >= 0.3 is 0 Å². The van der Waals surface area contributed by atoms with Crippen LogP contribution in [0.5, 0.6) is 0 Å². The van der Waals surface area contributed by atoms with Crippen LogP contribution in [0.2, 0.25) is 0 Å². The van der Waals surface area contributed by atoms with Gasteiger partial charge in [-0.25, -0.2) is 8.78 Å². The number of H-pyrrole nitrogens is 1. The van der Waals surface area contributed by atoms with Crippen molar-refractivity contribution in [2.24, 2.45) is 5.41 Å². The molecule has 0 saturated heterocycles. The summed E-state index contributed by atoms with van der Waals surface area (Å²) in [5.74, 6) is 3.80. The summed E-state index contributed by atoms with van der Waals surface area (Å²) < 4.78 is 27.8. The number of anilines is 1. The second-order valence-corrected chi connectivity index (χ2v) is 11.0. The molecule has 0 aliphatic carbocycles. The van der Waals surface area contributed by atoms with Gasteiger partial charge in [0.05, 0.1) is 38.7 Å². The van der Waals surface area contributed by atoms with Crippen LogP contribution in [0.3, 0.4) is 0 Å². The minimum atomic E-state index is -0.864. The quantitative estimate of drug-likeness (QED) is 0.186. The van der Waals surface area contributed by atoms with Gasteiger partial charge in [0.2, 0.25) is 5.91 Å². The minimum absolute atomic E-state index is 0. The molecular formula is C29H36F2N4O5. The van der Waals surface area contributed by atoms with E-state index < -0.39 is 27.2 Å². The van der Waals surface area contributed by atoms with Crippen molar-refractivity contribution in [3.63, 3.8) is 0 Å². The lowest BCUT2D eigenvalue weighted by Gasteiger charge is -2.15. The predicted molar refractivity (Wildman–Crippen MR) is 153 cm³/mol. The van der Waals surface area contributed by atoms with E-state index in [2.05, 4.69) is 22.1 Å². The molecule has 3 rings (SSSR count). The lowest BCUT2D eigenvalue weighted by Crippen LogP contribution is -2.13. The number of aromatic nitrogens is 1. The number of amides is 1. The van der Waals surface area contributed by atoms with Gasteiger partial charge in [0.15, 0.2) is 11.6 Å². The number of halogens is 2. The van der Waals surface area contributed by atoms with Crippen molar-refractivity contribution in [2.75, 3.05) is 5.32 Å². The van der Waals surface area contributed by atoms with Crippen molar-refractivity contribution >= 4 is 33.9 Å². The highest BCUT2D eigenvalue weighted by Crippen LogP contribution is 2.30. The second-order valence-electron chi connectivity index (χ2n) is 11.0. The van der Waals surface area contributed by atoms with Crippen LogP contribution in [-0.4, -0.2) is 20.7 Å². The lowest BCUT2D eigenvalue weighted by atomic mass is 9.92. The average molecular weight is 559 g/mol. The molecule has 3 aromatic rings. The van der Waals surface area contributed by atoms with Gasteiger partial charge in [-0.2, -0.15) is 0 Å². The van der Waals surface area contributed by atoms with Crippen LogP contribution in [0, 0.1) is 49.1 Å². The highest BCUT2D eigenvalue weighted by atomic mass is 19.1. The van der Waals surface area contributed by atoms with E-state index in [1.165, 1.54) is 12.1 Å². The molecule has 0 aliphatic rings. The van der Waals surface area contributed by atoms with E-state index in [4.69, 9.17) is 0 Å². The Balaban J connectivity index is 0.000000401. The fourth-order valence-electron chi connectivity index (χ4n) is 3.30. The van der Waals surface area contributed by atoms with Gasteiger partial charge in [0.1, 0.15) is 0 Å². The molecule has 0 atom stereocenters. The van der Waals surface area contributed by atoms with Crippen molar-refractivity contribution < 1.29 is 23.4 Å². The number of nitrogens with zero attached hydrogens (tertiary/aromatic N) is 2. The Labute approximate surface area is 232 Å². The third-order valence-corrected chi connectivity index (χ3v) is 5.28. The fourth-order valence-corrected chi connectivity index (χ4v) is 3.30. The Kier molecular flexibility index (Phi) is 11.1. The van der Waals surface area contributed by atoms with Crippen LogP contribution in [-0.2, 0) is 10.2 Å². The van der Waals surface area contributed by atoms with Crippen LogP contribution >= 0.6 is 0 Å². The summed E-state index contributed by atoms with van der Waals surface area (Å²) in [6, 6.07) is 6.02. The van der Waals surface area contributed by atoms with Crippen LogP contribution in [0.1, 0.15) is 80.0 Å². The Morgan fingerprint density at radius 1 is 0.950 bits per heavy atom. The zero-order valence-electron chi connectivity index (χ0n) is 23.0. The highest BCUT2D eigenvalue weighted by Gasteiger charge is 2.20. The smallest absolute Gasteiger partial charge is 0.273 e. The SMILES string of the molecule is C.CC(C)(C)c1cc2cc([N+](=O)[O-])cc(F)c2[nH]1.CCCC(=O)Nc1c(F)cc([N+](=O)[O-])cc1C#CC(C)(C)C. The first kappa shape index (κ1) is 33.7. The molecule has 0 unspecified atom stereocenters. The molecule has 1 aromatic heterocycles. The molecule has 0 bridgehead atoms. The summed E-state index contributed by atoms with van der Waals surface area (Å²) in [6.45, 7) is 13.4. The summed E-state index contributed by atoms with van der Waals surface area (Å²) in [6.07, 6.45) is 0.853. The summed E-state index contributed by atoms with van der Waals surface area (Å²) >= 11 is 0. The van der Waals surface area contributed by atoms with E-state index in [-0.39, 0.29) is 47.5 Å². The molecule has 40 heavy (non-hydrogen) atoms. The van der Waals surface area contributed by atoms with Crippen LogP contribution in [0.4, 0.5) is 25.8 Å². The second kappa shape index (κ2) is 13.2. The topological polar surface area (TPSA) is 131 Å². The van der Waals surface area contributed by atoms with Gasteiger partial charge in [-0.3, -0.25) is 25.0 Å². The van der Waals surface area contributed by atoms with Crippen molar-refractivity contribution in [3.8, 4) is 11.8 Å². The number of carbonyl (C=O) groups excluding carboxylic acids is 1. The Bertz CT molecular complexity index is 1470. The van der Waals surface area contributed by atoms with Crippen LogP contribution in [0.15, 0.2) is 30.3 Å². The first-order valence-corrected chi connectivity index (χ1v) is 12.2. The number of rotatable bonds is 5. The van der Waals surface area contributed by atoms with Gasteiger partial charge in [-0.1, -0.05) is 47.0 Å². The molecule has 216 valence electrons. The average Bonchev–Trinajstić information content (AvgIpc) is 3.25. The maximum atomic E-state index is 14.1. The molecule has 2 N–H and O–H groups in total. The van der Waals surface area contributed by atoms with E-state index in [0.717, 1.165) is 17.8 Å². The molecule has 11 heteroatoms. The monoisotopic (exact) mass is 558 g/mol. The zero-order valence-corrected chi connectivity index (χ0v) is 23.0. The molecule has 1 heterocycles. The van der Waals surface area contributed by atoms with E-state index in [1.807, 2.05) is 48.5 Å². The number of benzene rings is 2. The van der Waals surface area contributed by atoms with Crippen molar-refractivity contribution in [1.82, 2.24) is 4.98 Å². The molecule has 0 spiro atoms. The van der Waals surface area contributed by atoms with Crippen molar-refractivity contribution in [2.45, 2.75) is 74.1 Å². The number of nitrogens with one attached hydrogen (secondary N) is 2. The number of nitro groups is 2. The van der Waals surface area contributed by atoms with Gasteiger partial charge in [0.25, 0.3) is 11.4 Å². The fraction of sp³-hybridized carbons (Fsp3) is 0.414. The number of fused-ring (bicyclic) bond motifs is 1. The van der Waals surface area contributed by atoms with Gasteiger partial charge in [-0.15, -0.1) is 0 Å². The Morgan fingerprint density at radius 3 is 2.00 bits per heavy atom. The number of nitro benzene ring substituents is 2. The van der Waals surface area contributed by atoms with Crippen molar-refractivity contribution in [3.05, 3.63) is 73.5 Å². The summed E-state index contributed by atoms with van der Waals surface area (Å²) in [5, 5.41) is 24.4. The van der Waals surface area contributed by atoms with Gasteiger partial charge in [0, 0.05) is 40.5 Å². The standard InChI is InChI=1S/C16H19FN2O3.C12H13FN2O2.CH4/c1-5-6-14(20)18-15-11(7-8-16(2,3)4)9-12(19(21)22)10-13(15)17;1-12(2,3)10-5-7-4-8(15(16)17)6-9(13)11(7)14-10;/h9-10H,5-6H2,1-4H3,(H,18,20);4-6,14H,1-3H3;1H4. The third kappa shape index (κ3) is 9.15. The largest absolute Gasteiger partial charge is 0.356 e. The number of hydrogen-bond donors (Lipinski definition) is 2. The highest BCUT2D eigenvalue weighted by molar-refractivity contribution is 5.92. The molecule has 0 fully saturated rings. The number of carbonyl (C=O) groups is 1. The maximum Gasteiger partial charge on any atom is 0.273 e. The van der Waals surface area contributed by atoms with Crippen LogP contribution in [0.25, 0.3) is 10.9 Å². The minimum Gasteiger partial charge on any atom is -0.356 e. The lowest BCUT2D eigenvalue weighted by molar-refractivity contribution is -0.385. The number of aromatic amines is 1. The predicted octanol–water partition coefficient (Wildman–Crippen LogP) is 8.02. The Morgan fingerprint density at radius 2 is 1.50 bits per heavy atom. The first-order chi connectivity index (χ1) is 17.9. The van der Waals surface area contributed by atoms with E-state index in [0.29, 0.717) is 17.3 Å². The number of non-ortho nitro benzene ring substituents is 2. The molecule has 0 aliphatic heterocycles. The first-order valence-electron chi connectivity index (χ1n) is 12.2. The normalized spacial score (nSPS) is 10.9. The third-order valence-electron chi connectivity index (χ3n) is 5.28. The molecule has 0 radical (unpaired) electrons. The maximum absolute atomic E-state index is 14.1. The number of hydrogen-bond acceptors (Lipinski definition) is 5. The van der Waals surface area contributed by atoms with Crippen LogP contribution < -0.4 is 5.32 Å². The molecular weight excluding hydrogens is 522 g/mol.